The molecular formula is C18H29N3O3S2. The van der Waals surface area contributed by atoms with E-state index in [2.05, 4.69) is 4.72 Å². The van der Waals surface area contributed by atoms with Crippen LogP contribution in [0.4, 0.5) is 0 Å². The van der Waals surface area contributed by atoms with Crippen molar-refractivity contribution in [2.75, 3.05) is 19.6 Å². The molecule has 0 aromatic carbocycles. The average molecular weight is 400 g/mol. The molecule has 1 saturated heterocycles. The van der Waals surface area contributed by atoms with Gasteiger partial charge in [0.05, 0.1) is 0 Å². The molecule has 6 nitrogen and oxygen atoms in total. The normalized spacial score (nSPS) is 21.7. The van der Waals surface area contributed by atoms with E-state index in [0.29, 0.717) is 43.1 Å². The highest BCUT2D eigenvalue weighted by molar-refractivity contribution is 7.91. The Morgan fingerprint density at radius 3 is 2.54 bits per heavy atom. The van der Waals surface area contributed by atoms with Gasteiger partial charge in [-0.2, -0.15) is 0 Å². The van der Waals surface area contributed by atoms with Crippen LogP contribution in [0.15, 0.2) is 21.7 Å². The van der Waals surface area contributed by atoms with E-state index >= 15 is 0 Å². The number of carbonyl (C=O) groups excluding carboxylic acids is 1. The topological polar surface area (TPSA) is 92.5 Å². The Morgan fingerprint density at radius 2 is 1.96 bits per heavy atom. The van der Waals surface area contributed by atoms with E-state index in [1.807, 2.05) is 4.90 Å². The Kier molecular flexibility index (Phi) is 6.37. The van der Waals surface area contributed by atoms with Crippen molar-refractivity contribution in [1.29, 1.82) is 0 Å². The Balaban J connectivity index is 1.51. The van der Waals surface area contributed by atoms with Crippen molar-refractivity contribution in [2.45, 2.75) is 61.6 Å². The molecule has 2 aliphatic rings. The molecule has 1 aromatic rings. The van der Waals surface area contributed by atoms with Gasteiger partial charge in [0, 0.05) is 25.6 Å². The first-order valence-corrected chi connectivity index (χ1v) is 11.8. The van der Waals surface area contributed by atoms with E-state index in [4.69, 9.17) is 5.73 Å². The molecule has 2 heterocycles. The van der Waals surface area contributed by atoms with E-state index in [9.17, 15) is 13.2 Å². The minimum atomic E-state index is -3.44. The Bertz CT molecular complexity index is 689. The van der Waals surface area contributed by atoms with E-state index < -0.39 is 10.0 Å². The number of hydrogen-bond donors (Lipinski definition) is 2. The smallest absolute Gasteiger partial charge is 0.250 e. The fourth-order valence-corrected chi connectivity index (χ4v) is 6.44. The number of amides is 1. The van der Waals surface area contributed by atoms with Crippen LogP contribution in [0.5, 0.6) is 0 Å². The van der Waals surface area contributed by atoms with Gasteiger partial charge in [0.15, 0.2) is 0 Å². The number of sulfonamides is 1. The van der Waals surface area contributed by atoms with Gasteiger partial charge in [-0.1, -0.05) is 25.3 Å². The fraction of sp³-hybridized carbons (Fsp3) is 0.722. The molecule has 1 aliphatic heterocycles. The van der Waals surface area contributed by atoms with E-state index in [-0.39, 0.29) is 17.4 Å². The van der Waals surface area contributed by atoms with Gasteiger partial charge in [0.25, 0.3) is 0 Å². The average Bonchev–Trinajstić information content (AvgIpc) is 3.18. The molecule has 0 unspecified atom stereocenters. The maximum atomic E-state index is 12.7. The van der Waals surface area contributed by atoms with Crippen molar-refractivity contribution in [3.05, 3.63) is 17.5 Å². The highest BCUT2D eigenvalue weighted by Gasteiger charge is 2.35. The molecule has 26 heavy (non-hydrogen) atoms. The molecule has 1 aliphatic carbocycles. The van der Waals surface area contributed by atoms with Crippen molar-refractivity contribution in [1.82, 2.24) is 9.62 Å². The summed E-state index contributed by atoms with van der Waals surface area (Å²) in [5, 5.41) is 1.76. The van der Waals surface area contributed by atoms with Crippen LogP contribution < -0.4 is 10.5 Å². The van der Waals surface area contributed by atoms with Crippen LogP contribution >= 0.6 is 11.3 Å². The highest BCUT2D eigenvalue weighted by atomic mass is 32.2. The molecule has 3 rings (SSSR count). The molecule has 1 aromatic heterocycles. The second-order valence-electron chi connectivity index (χ2n) is 7.65. The number of piperidine rings is 1. The van der Waals surface area contributed by atoms with E-state index in [1.54, 1.807) is 17.5 Å². The van der Waals surface area contributed by atoms with Crippen LogP contribution in [0, 0.1) is 5.41 Å². The molecule has 3 N–H and O–H groups in total. The van der Waals surface area contributed by atoms with Gasteiger partial charge in [0.1, 0.15) is 4.21 Å². The summed E-state index contributed by atoms with van der Waals surface area (Å²) in [6.45, 7) is 1.80. The number of likely N-dealkylation sites (tertiary alicyclic amines) is 1. The minimum Gasteiger partial charge on any atom is -0.343 e. The second-order valence-corrected chi connectivity index (χ2v) is 10.5. The van der Waals surface area contributed by atoms with Crippen molar-refractivity contribution in [3.63, 3.8) is 0 Å². The minimum absolute atomic E-state index is 0.0209. The third-order valence-electron chi connectivity index (χ3n) is 5.80. The fourth-order valence-electron chi connectivity index (χ4n) is 4.13. The van der Waals surface area contributed by atoms with Crippen LogP contribution in [0.1, 0.15) is 51.4 Å². The zero-order valence-corrected chi connectivity index (χ0v) is 16.8. The van der Waals surface area contributed by atoms with Crippen LogP contribution in [-0.2, 0) is 14.8 Å². The largest absolute Gasteiger partial charge is 0.343 e. The lowest BCUT2D eigenvalue weighted by Gasteiger charge is -2.39. The summed E-state index contributed by atoms with van der Waals surface area (Å²) in [5.74, 6) is 0.178. The van der Waals surface area contributed by atoms with Gasteiger partial charge in [-0.25, -0.2) is 13.1 Å². The van der Waals surface area contributed by atoms with Gasteiger partial charge in [-0.3, -0.25) is 4.79 Å². The van der Waals surface area contributed by atoms with Crippen LogP contribution in [0.25, 0.3) is 0 Å². The molecule has 0 bridgehead atoms. The van der Waals surface area contributed by atoms with Crippen LogP contribution in [0.2, 0.25) is 0 Å². The van der Waals surface area contributed by atoms with Gasteiger partial charge in [-0.05, 0) is 49.1 Å². The predicted octanol–water partition coefficient (Wildman–Crippen LogP) is 2.32. The number of carbonyl (C=O) groups is 1. The highest BCUT2D eigenvalue weighted by Crippen LogP contribution is 2.39. The van der Waals surface area contributed by atoms with Gasteiger partial charge < -0.3 is 10.6 Å². The summed E-state index contributed by atoms with van der Waals surface area (Å²) in [7, 11) is -3.44. The maximum Gasteiger partial charge on any atom is 0.250 e. The summed E-state index contributed by atoms with van der Waals surface area (Å²) in [6, 6.07) is 3.24. The van der Waals surface area contributed by atoms with Crippen LogP contribution in [-0.4, -0.2) is 44.9 Å². The summed E-state index contributed by atoms with van der Waals surface area (Å²) >= 11 is 1.22. The standard InChI is InChI=1S/C18H29N3O3S2/c19-14-18(8-2-1-3-9-18)13-16(22)21-10-6-15(7-11-21)20-26(23,24)17-5-4-12-25-17/h4-5,12,15,20H,1-3,6-11,13-14,19H2. The number of nitrogens with two attached hydrogens (primary N) is 1. The summed E-state index contributed by atoms with van der Waals surface area (Å²) < 4.78 is 27.8. The zero-order chi connectivity index (χ0) is 18.6. The quantitative estimate of drug-likeness (QED) is 0.768. The Morgan fingerprint density at radius 1 is 1.27 bits per heavy atom. The summed E-state index contributed by atoms with van der Waals surface area (Å²) in [4.78, 5) is 14.6. The van der Waals surface area contributed by atoms with Crippen molar-refractivity contribution < 1.29 is 13.2 Å². The van der Waals surface area contributed by atoms with Gasteiger partial charge in [0.2, 0.25) is 15.9 Å². The van der Waals surface area contributed by atoms with Gasteiger partial charge >= 0.3 is 0 Å². The summed E-state index contributed by atoms with van der Waals surface area (Å²) in [6.07, 6.45) is 7.52. The molecule has 0 atom stereocenters. The SMILES string of the molecule is NCC1(CC(=O)N2CCC(NS(=O)(=O)c3cccs3)CC2)CCCCC1. The van der Waals surface area contributed by atoms with Crippen molar-refractivity contribution >= 4 is 27.3 Å². The number of nitrogens with one attached hydrogen (secondary N) is 1. The first-order chi connectivity index (χ1) is 12.4. The number of nitrogens with zero attached hydrogens (tertiary/aromatic N) is 1. The summed E-state index contributed by atoms with van der Waals surface area (Å²) in [5.41, 5.74) is 5.99. The first kappa shape index (κ1) is 19.8. The molecule has 1 amide bonds. The molecular weight excluding hydrogens is 370 g/mol. The third kappa shape index (κ3) is 4.65. The van der Waals surface area contributed by atoms with Crippen LogP contribution in [0.3, 0.4) is 0 Å². The monoisotopic (exact) mass is 399 g/mol. The Hall–Kier alpha value is -0.960. The van der Waals surface area contributed by atoms with E-state index in [0.717, 1.165) is 25.7 Å². The number of rotatable bonds is 6. The lowest BCUT2D eigenvalue weighted by molar-refractivity contribution is -0.135. The third-order valence-corrected chi connectivity index (χ3v) is 8.72. The first-order valence-electron chi connectivity index (χ1n) is 9.48. The van der Waals surface area contributed by atoms with Crippen molar-refractivity contribution in [2.24, 2.45) is 11.1 Å². The predicted molar refractivity (Wildman–Crippen MR) is 103 cm³/mol. The van der Waals surface area contributed by atoms with E-state index in [1.165, 1.54) is 17.8 Å². The van der Waals surface area contributed by atoms with Gasteiger partial charge in [-0.15, -0.1) is 11.3 Å². The molecule has 0 spiro atoms. The maximum absolute atomic E-state index is 12.7. The lowest BCUT2D eigenvalue weighted by Crippen LogP contribution is -2.48. The second kappa shape index (κ2) is 8.37. The lowest BCUT2D eigenvalue weighted by atomic mass is 9.71. The molecule has 146 valence electrons. The molecule has 2 fully saturated rings. The molecule has 0 radical (unpaired) electrons. The number of hydrogen-bond acceptors (Lipinski definition) is 5. The molecule has 8 heteroatoms. The Labute approximate surface area is 160 Å². The van der Waals surface area contributed by atoms with Crippen molar-refractivity contribution in [3.8, 4) is 0 Å². The number of thiophene rings is 1. The zero-order valence-electron chi connectivity index (χ0n) is 15.2. The molecule has 1 saturated carbocycles.